The number of likely N-dealkylation sites (N-methyl/N-ethyl adjacent to an activating group) is 1. The summed E-state index contributed by atoms with van der Waals surface area (Å²) in [6.45, 7) is 6.75. The van der Waals surface area contributed by atoms with E-state index >= 15 is 0 Å². The molecule has 2 rings (SSSR count). The standard InChI is InChI=1S/C23H32N4O2/c1-3-24-22(28)18-29-21-14-8-12-20(16-21)17-27-23(25-4-2)26-15-9-13-19-10-6-5-7-11-19/h5-8,10-12,14,16H,3-4,9,13,15,17-18H2,1-2H3,(H,24,28)(H2,25,26,27). The van der Waals surface area contributed by atoms with Gasteiger partial charge in [-0.15, -0.1) is 0 Å². The minimum atomic E-state index is -0.120. The van der Waals surface area contributed by atoms with Crippen LogP contribution in [-0.2, 0) is 17.8 Å². The van der Waals surface area contributed by atoms with Crippen molar-refractivity contribution in [2.45, 2.75) is 33.2 Å². The van der Waals surface area contributed by atoms with Gasteiger partial charge in [-0.2, -0.15) is 0 Å². The fourth-order valence-corrected chi connectivity index (χ4v) is 2.79. The molecule has 0 saturated heterocycles. The second-order valence-corrected chi connectivity index (χ2v) is 6.60. The molecule has 0 radical (unpaired) electrons. The first-order valence-electron chi connectivity index (χ1n) is 10.3. The van der Waals surface area contributed by atoms with Crippen molar-refractivity contribution in [1.82, 2.24) is 16.0 Å². The van der Waals surface area contributed by atoms with Crippen LogP contribution in [0.1, 0.15) is 31.4 Å². The summed E-state index contributed by atoms with van der Waals surface area (Å²) in [6.07, 6.45) is 2.08. The van der Waals surface area contributed by atoms with Crippen molar-refractivity contribution in [3.05, 3.63) is 65.7 Å². The molecule has 0 spiro atoms. The Hall–Kier alpha value is -3.02. The van der Waals surface area contributed by atoms with E-state index in [4.69, 9.17) is 4.74 Å². The molecular weight excluding hydrogens is 364 g/mol. The predicted molar refractivity (Wildman–Crippen MR) is 118 cm³/mol. The number of rotatable bonds is 11. The maximum Gasteiger partial charge on any atom is 0.257 e. The van der Waals surface area contributed by atoms with Gasteiger partial charge in [0.05, 0.1) is 6.54 Å². The number of benzene rings is 2. The molecule has 2 aromatic carbocycles. The lowest BCUT2D eigenvalue weighted by Crippen LogP contribution is -2.37. The average Bonchev–Trinajstić information content (AvgIpc) is 2.75. The van der Waals surface area contributed by atoms with Crippen molar-refractivity contribution in [2.75, 3.05) is 26.2 Å². The molecule has 0 fully saturated rings. The summed E-state index contributed by atoms with van der Waals surface area (Å²) in [6, 6.07) is 18.2. The first-order chi connectivity index (χ1) is 14.2. The highest BCUT2D eigenvalue weighted by Gasteiger charge is 2.03. The number of aliphatic imine (C=N–C) groups is 1. The Bertz CT molecular complexity index is 762. The lowest BCUT2D eigenvalue weighted by atomic mass is 10.1. The van der Waals surface area contributed by atoms with Gasteiger partial charge in [-0.25, -0.2) is 4.99 Å². The zero-order chi connectivity index (χ0) is 20.7. The van der Waals surface area contributed by atoms with Crippen LogP contribution in [0.2, 0.25) is 0 Å². The third kappa shape index (κ3) is 9.14. The van der Waals surface area contributed by atoms with E-state index in [1.54, 1.807) is 0 Å². The lowest BCUT2D eigenvalue weighted by Gasteiger charge is -2.12. The Morgan fingerprint density at radius 3 is 2.45 bits per heavy atom. The van der Waals surface area contributed by atoms with Crippen molar-refractivity contribution >= 4 is 11.9 Å². The molecular formula is C23H32N4O2. The molecule has 6 heteroatoms. The van der Waals surface area contributed by atoms with Gasteiger partial charge in [-0.05, 0) is 49.9 Å². The van der Waals surface area contributed by atoms with Crippen molar-refractivity contribution < 1.29 is 9.53 Å². The summed E-state index contributed by atoms with van der Waals surface area (Å²) < 4.78 is 5.55. The van der Waals surface area contributed by atoms with Gasteiger partial charge >= 0.3 is 0 Å². The number of hydrogen-bond donors (Lipinski definition) is 3. The molecule has 3 N–H and O–H groups in total. The summed E-state index contributed by atoms with van der Waals surface area (Å²) in [5.74, 6) is 1.35. The van der Waals surface area contributed by atoms with Crippen LogP contribution < -0.4 is 20.7 Å². The number of aryl methyl sites for hydroxylation is 1. The van der Waals surface area contributed by atoms with Crippen LogP contribution in [0.4, 0.5) is 0 Å². The van der Waals surface area contributed by atoms with Crippen LogP contribution in [0.5, 0.6) is 5.75 Å². The van der Waals surface area contributed by atoms with Gasteiger partial charge in [0.2, 0.25) is 0 Å². The molecule has 0 unspecified atom stereocenters. The van der Waals surface area contributed by atoms with Crippen LogP contribution in [0.15, 0.2) is 59.6 Å². The second kappa shape index (κ2) is 13.2. The first-order valence-corrected chi connectivity index (χ1v) is 10.3. The zero-order valence-electron chi connectivity index (χ0n) is 17.4. The van der Waals surface area contributed by atoms with Crippen LogP contribution in [-0.4, -0.2) is 38.1 Å². The van der Waals surface area contributed by atoms with Gasteiger partial charge in [0.25, 0.3) is 5.91 Å². The molecule has 0 saturated carbocycles. The maximum atomic E-state index is 11.5. The molecule has 1 amide bonds. The molecule has 2 aromatic rings. The van der Waals surface area contributed by atoms with E-state index in [9.17, 15) is 4.79 Å². The number of amides is 1. The topological polar surface area (TPSA) is 74.8 Å². The van der Waals surface area contributed by atoms with Crippen molar-refractivity contribution in [3.63, 3.8) is 0 Å². The number of guanidine groups is 1. The van der Waals surface area contributed by atoms with E-state index in [1.807, 2.05) is 37.3 Å². The molecule has 0 aliphatic heterocycles. The van der Waals surface area contributed by atoms with E-state index in [0.29, 0.717) is 18.8 Å². The summed E-state index contributed by atoms with van der Waals surface area (Å²) in [4.78, 5) is 16.2. The van der Waals surface area contributed by atoms with E-state index in [-0.39, 0.29) is 12.5 Å². The Morgan fingerprint density at radius 1 is 0.931 bits per heavy atom. The summed E-state index contributed by atoms with van der Waals surface area (Å²) in [5, 5.41) is 9.38. The van der Waals surface area contributed by atoms with Gasteiger partial charge in [0, 0.05) is 19.6 Å². The smallest absolute Gasteiger partial charge is 0.257 e. The molecule has 0 heterocycles. The highest BCUT2D eigenvalue weighted by atomic mass is 16.5. The predicted octanol–water partition coefficient (Wildman–Crippen LogP) is 2.89. The molecule has 0 bridgehead atoms. The third-order valence-corrected chi connectivity index (χ3v) is 4.18. The fourth-order valence-electron chi connectivity index (χ4n) is 2.79. The zero-order valence-corrected chi connectivity index (χ0v) is 17.4. The highest BCUT2D eigenvalue weighted by Crippen LogP contribution is 2.14. The molecule has 0 aromatic heterocycles. The highest BCUT2D eigenvalue weighted by molar-refractivity contribution is 5.79. The Labute approximate surface area is 173 Å². The third-order valence-electron chi connectivity index (χ3n) is 4.18. The van der Waals surface area contributed by atoms with E-state index < -0.39 is 0 Å². The van der Waals surface area contributed by atoms with Crippen LogP contribution in [0.25, 0.3) is 0 Å². The Kier molecular flexibility index (Phi) is 10.1. The van der Waals surface area contributed by atoms with Crippen molar-refractivity contribution in [1.29, 1.82) is 0 Å². The van der Waals surface area contributed by atoms with Gasteiger partial charge in [-0.3, -0.25) is 4.79 Å². The minimum Gasteiger partial charge on any atom is -0.484 e. The van der Waals surface area contributed by atoms with Gasteiger partial charge in [0.15, 0.2) is 12.6 Å². The summed E-state index contributed by atoms with van der Waals surface area (Å²) in [5.41, 5.74) is 2.38. The van der Waals surface area contributed by atoms with Crippen molar-refractivity contribution in [2.24, 2.45) is 4.99 Å². The summed E-state index contributed by atoms with van der Waals surface area (Å²) in [7, 11) is 0. The van der Waals surface area contributed by atoms with Gasteiger partial charge in [-0.1, -0.05) is 42.5 Å². The molecule has 0 aliphatic carbocycles. The van der Waals surface area contributed by atoms with Crippen LogP contribution >= 0.6 is 0 Å². The minimum absolute atomic E-state index is 0.0200. The Morgan fingerprint density at radius 2 is 1.69 bits per heavy atom. The van der Waals surface area contributed by atoms with E-state index in [2.05, 4.69) is 52.1 Å². The average molecular weight is 397 g/mol. The number of carbonyl (C=O) groups excluding carboxylic acids is 1. The van der Waals surface area contributed by atoms with E-state index in [0.717, 1.165) is 37.5 Å². The number of nitrogens with one attached hydrogen (secondary N) is 3. The second-order valence-electron chi connectivity index (χ2n) is 6.60. The van der Waals surface area contributed by atoms with Crippen molar-refractivity contribution in [3.8, 4) is 5.75 Å². The molecule has 6 nitrogen and oxygen atoms in total. The maximum absolute atomic E-state index is 11.5. The lowest BCUT2D eigenvalue weighted by molar-refractivity contribution is -0.122. The first kappa shape index (κ1) is 22.3. The molecule has 156 valence electrons. The number of carbonyl (C=O) groups is 1. The van der Waals surface area contributed by atoms with Crippen LogP contribution in [0, 0.1) is 0 Å². The molecule has 0 atom stereocenters. The molecule has 0 aliphatic rings. The van der Waals surface area contributed by atoms with Crippen LogP contribution in [0.3, 0.4) is 0 Å². The van der Waals surface area contributed by atoms with Gasteiger partial charge in [0.1, 0.15) is 5.75 Å². The quantitative estimate of drug-likeness (QED) is 0.310. The normalized spacial score (nSPS) is 11.0. The summed E-state index contributed by atoms with van der Waals surface area (Å²) >= 11 is 0. The fraction of sp³-hybridized carbons (Fsp3) is 0.391. The Balaban J connectivity index is 1.82. The van der Waals surface area contributed by atoms with Gasteiger partial charge < -0.3 is 20.7 Å². The largest absolute Gasteiger partial charge is 0.484 e. The number of hydrogen-bond acceptors (Lipinski definition) is 3. The number of ether oxygens (including phenoxy) is 1. The molecule has 29 heavy (non-hydrogen) atoms. The SMILES string of the molecule is CCNC(=O)COc1cccc(CN=C(NCC)NCCCc2ccccc2)c1. The monoisotopic (exact) mass is 396 g/mol. The number of nitrogens with zero attached hydrogens (tertiary/aromatic N) is 1. The van der Waals surface area contributed by atoms with E-state index in [1.165, 1.54) is 5.56 Å².